The molecule has 1 fully saturated rings. The molecule has 0 bridgehead atoms. The number of piperazine rings is 1. The molecule has 37 heavy (non-hydrogen) atoms. The predicted octanol–water partition coefficient (Wildman–Crippen LogP) is 3.51. The fourth-order valence-corrected chi connectivity index (χ4v) is 4.35. The van der Waals surface area contributed by atoms with Gasteiger partial charge in [-0.3, -0.25) is 19.4 Å². The first kappa shape index (κ1) is 25.9. The van der Waals surface area contributed by atoms with Crippen molar-refractivity contribution in [1.82, 2.24) is 20.1 Å². The topological polar surface area (TPSA) is 110 Å². The first-order valence-electron chi connectivity index (χ1n) is 12.6. The Hall–Kier alpha value is -4.14. The second kappa shape index (κ2) is 11.3. The number of para-hydroxylation sites is 1. The van der Waals surface area contributed by atoms with Gasteiger partial charge in [-0.15, -0.1) is 0 Å². The highest BCUT2D eigenvalue weighted by molar-refractivity contribution is 6.45. The van der Waals surface area contributed by atoms with Crippen LogP contribution in [0, 0.1) is 0 Å². The van der Waals surface area contributed by atoms with E-state index in [1.165, 1.54) is 4.90 Å². The summed E-state index contributed by atoms with van der Waals surface area (Å²) in [5, 5.41) is 7.29. The van der Waals surface area contributed by atoms with Gasteiger partial charge in [-0.1, -0.05) is 30.3 Å². The fraction of sp³-hybridized carbons (Fsp3) is 0.357. The number of amides is 2. The van der Waals surface area contributed by atoms with Gasteiger partial charge in [0.2, 0.25) is 0 Å². The molecular formula is C28H34N6O3. The van der Waals surface area contributed by atoms with Crippen LogP contribution in [0.1, 0.15) is 48.4 Å². The number of rotatable bonds is 6. The standard InChI is InChI=1S/C28H34N6O3/c1-18(2)30-28(31-19(3)4)32-23-12-8-11-21-22(17-29-24(21)23)25(35)27(37)34-15-13-33(14-16-34)26(36)20-9-6-5-7-10-20/h5-12,17-19,29H,13-16H2,1-4H3,(H2,30,31,32). The molecule has 0 saturated carbocycles. The van der Waals surface area contributed by atoms with Crippen LogP contribution in [0.25, 0.3) is 10.9 Å². The van der Waals surface area contributed by atoms with Gasteiger partial charge in [-0.2, -0.15) is 0 Å². The largest absolute Gasteiger partial charge is 0.359 e. The van der Waals surface area contributed by atoms with E-state index in [0.717, 1.165) is 11.2 Å². The van der Waals surface area contributed by atoms with E-state index in [-0.39, 0.29) is 18.0 Å². The van der Waals surface area contributed by atoms with E-state index in [1.807, 2.05) is 64.1 Å². The Balaban J connectivity index is 1.47. The molecular weight excluding hydrogens is 468 g/mol. The van der Waals surface area contributed by atoms with Crippen molar-refractivity contribution >= 4 is 40.1 Å². The molecule has 2 aromatic carbocycles. The van der Waals surface area contributed by atoms with Crippen LogP contribution >= 0.6 is 0 Å². The summed E-state index contributed by atoms with van der Waals surface area (Å²) in [6, 6.07) is 14.9. The minimum Gasteiger partial charge on any atom is -0.359 e. The lowest BCUT2D eigenvalue weighted by atomic mass is 10.1. The average molecular weight is 503 g/mol. The highest BCUT2D eigenvalue weighted by atomic mass is 16.2. The number of aromatic nitrogens is 1. The van der Waals surface area contributed by atoms with Crippen molar-refractivity contribution in [2.24, 2.45) is 4.99 Å². The van der Waals surface area contributed by atoms with E-state index in [0.29, 0.717) is 48.7 Å². The van der Waals surface area contributed by atoms with Crippen molar-refractivity contribution in [2.75, 3.05) is 31.5 Å². The normalized spacial score (nSPS) is 14.4. The summed E-state index contributed by atoms with van der Waals surface area (Å²) in [5.41, 5.74) is 2.42. The quantitative estimate of drug-likeness (QED) is 0.207. The van der Waals surface area contributed by atoms with E-state index in [1.54, 1.807) is 23.2 Å². The van der Waals surface area contributed by atoms with Gasteiger partial charge in [-0.25, -0.2) is 0 Å². The van der Waals surface area contributed by atoms with Crippen LogP contribution in [-0.2, 0) is 4.79 Å². The Morgan fingerprint density at radius 3 is 2.22 bits per heavy atom. The fourth-order valence-electron chi connectivity index (χ4n) is 4.35. The lowest BCUT2D eigenvalue weighted by Gasteiger charge is -2.34. The third-order valence-electron chi connectivity index (χ3n) is 6.09. The zero-order valence-electron chi connectivity index (χ0n) is 21.7. The number of fused-ring (bicyclic) bond motifs is 1. The second-order valence-electron chi connectivity index (χ2n) is 9.71. The van der Waals surface area contributed by atoms with Gasteiger partial charge in [0.25, 0.3) is 17.6 Å². The Morgan fingerprint density at radius 1 is 0.892 bits per heavy atom. The third kappa shape index (κ3) is 5.99. The molecule has 0 radical (unpaired) electrons. The second-order valence-corrected chi connectivity index (χ2v) is 9.71. The molecule has 1 saturated heterocycles. The van der Waals surface area contributed by atoms with E-state index in [9.17, 15) is 14.4 Å². The number of nitrogens with one attached hydrogen (secondary N) is 3. The monoisotopic (exact) mass is 502 g/mol. The lowest BCUT2D eigenvalue weighted by Crippen LogP contribution is -2.52. The SMILES string of the molecule is CC(C)/N=C(/Nc1cccc2c(C(=O)C(=O)N3CCN(C(=O)c4ccccc4)CC3)c[nH]c12)NC(C)C. The summed E-state index contributed by atoms with van der Waals surface area (Å²) < 4.78 is 0. The van der Waals surface area contributed by atoms with Crippen molar-refractivity contribution < 1.29 is 14.4 Å². The summed E-state index contributed by atoms with van der Waals surface area (Å²) in [7, 11) is 0. The van der Waals surface area contributed by atoms with Gasteiger partial charge >= 0.3 is 0 Å². The molecule has 194 valence electrons. The maximum atomic E-state index is 13.2. The number of aliphatic imine (C=N–C) groups is 1. The van der Waals surface area contributed by atoms with Crippen molar-refractivity contribution in [1.29, 1.82) is 0 Å². The summed E-state index contributed by atoms with van der Waals surface area (Å²) >= 11 is 0. The van der Waals surface area contributed by atoms with E-state index < -0.39 is 11.7 Å². The zero-order valence-corrected chi connectivity index (χ0v) is 21.7. The summed E-state index contributed by atoms with van der Waals surface area (Å²) in [6.07, 6.45) is 1.58. The molecule has 3 aromatic rings. The number of hydrogen-bond donors (Lipinski definition) is 3. The lowest BCUT2D eigenvalue weighted by molar-refractivity contribution is -0.127. The number of benzene rings is 2. The number of H-pyrrole nitrogens is 1. The first-order chi connectivity index (χ1) is 17.7. The Morgan fingerprint density at radius 2 is 1.57 bits per heavy atom. The van der Waals surface area contributed by atoms with Gasteiger partial charge in [-0.05, 0) is 45.9 Å². The third-order valence-corrected chi connectivity index (χ3v) is 6.09. The molecule has 1 aliphatic heterocycles. The van der Waals surface area contributed by atoms with Crippen LogP contribution in [0.5, 0.6) is 0 Å². The van der Waals surface area contributed by atoms with Gasteiger partial charge in [0.05, 0.1) is 16.8 Å². The summed E-state index contributed by atoms with van der Waals surface area (Å²) in [5.74, 6) is -0.556. The van der Waals surface area contributed by atoms with Gasteiger partial charge in [0, 0.05) is 55.4 Å². The van der Waals surface area contributed by atoms with Gasteiger partial charge < -0.3 is 25.4 Å². The molecule has 1 aliphatic rings. The van der Waals surface area contributed by atoms with Gasteiger partial charge in [0.1, 0.15) is 0 Å². The number of nitrogens with zero attached hydrogens (tertiary/aromatic N) is 3. The molecule has 2 heterocycles. The Bertz CT molecular complexity index is 1300. The number of aromatic amines is 1. The van der Waals surface area contributed by atoms with Crippen LogP contribution < -0.4 is 10.6 Å². The van der Waals surface area contributed by atoms with Crippen molar-refractivity contribution in [3.8, 4) is 0 Å². The maximum absolute atomic E-state index is 13.2. The molecule has 1 aromatic heterocycles. The number of carbonyl (C=O) groups is 3. The number of anilines is 1. The minimum atomic E-state index is -0.567. The van der Waals surface area contributed by atoms with Crippen LogP contribution in [0.15, 0.2) is 59.7 Å². The number of carbonyl (C=O) groups excluding carboxylic acids is 3. The predicted molar refractivity (Wildman–Crippen MR) is 146 cm³/mol. The van der Waals surface area contributed by atoms with Crippen LogP contribution in [0.4, 0.5) is 5.69 Å². The molecule has 4 rings (SSSR count). The number of guanidine groups is 1. The number of ketones is 1. The van der Waals surface area contributed by atoms with Crippen molar-refractivity contribution in [3.63, 3.8) is 0 Å². The zero-order chi connectivity index (χ0) is 26.5. The highest BCUT2D eigenvalue weighted by Crippen LogP contribution is 2.26. The van der Waals surface area contributed by atoms with Crippen LogP contribution in [0.3, 0.4) is 0 Å². The molecule has 2 amide bonds. The molecule has 0 spiro atoms. The van der Waals surface area contributed by atoms with E-state index >= 15 is 0 Å². The molecule has 9 nitrogen and oxygen atoms in total. The average Bonchev–Trinajstić information content (AvgIpc) is 3.32. The van der Waals surface area contributed by atoms with Crippen LogP contribution in [0.2, 0.25) is 0 Å². The first-order valence-corrected chi connectivity index (χ1v) is 12.6. The Labute approximate surface area is 216 Å². The molecule has 0 atom stereocenters. The van der Waals surface area contributed by atoms with Crippen molar-refractivity contribution in [3.05, 3.63) is 65.9 Å². The Kier molecular flexibility index (Phi) is 7.91. The summed E-state index contributed by atoms with van der Waals surface area (Å²) in [4.78, 5) is 50.1. The molecule has 0 aliphatic carbocycles. The number of hydrogen-bond acceptors (Lipinski definition) is 4. The van der Waals surface area contributed by atoms with Gasteiger partial charge in [0.15, 0.2) is 5.96 Å². The smallest absolute Gasteiger partial charge is 0.295 e. The number of Topliss-reactive ketones (excluding diaryl/α,β-unsaturated/α-hetero) is 1. The van der Waals surface area contributed by atoms with Crippen LogP contribution in [-0.4, -0.2) is 76.6 Å². The molecule has 9 heteroatoms. The van der Waals surface area contributed by atoms with E-state index in [2.05, 4.69) is 20.6 Å². The molecule has 0 unspecified atom stereocenters. The summed E-state index contributed by atoms with van der Waals surface area (Å²) in [6.45, 7) is 9.46. The highest BCUT2D eigenvalue weighted by Gasteiger charge is 2.30. The maximum Gasteiger partial charge on any atom is 0.295 e. The molecule has 3 N–H and O–H groups in total. The minimum absolute atomic E-state index is 0.0667. The van der Waals surface area contributed by atoms with E-state index in [4.69, 9.17) is 0 Å². The van der Waals surface area contributed by atoms with Crippen molar-refractivity contribution in [2.45, 2.75) is 39.8 Å².